The van der Waals surface area contributed by atoms with Crippen molar-refractivity contribution in [3.63, 3.8) is 0 Å². The monoisotopic (exact) mass is 489 g/mol. The summed E-state index contributed by atoms with van der Waals surface area (Å²) in [4.78, 5) is 37.8. The number of halogens is 3. The van der Waals surface area contributed by atoms with Crippen LogP contribution in [0.15, 0.2) is 36.9 Å². The van der Waals surface area contributed by atoms with Crippen LogP contribution in [0.4, 0.5) is 18.9 Å². The number of aryl methyl sites for hydroxylation is 2. The van der Waals surface area contributed by atoms with Gasteiger partial charge in [0.05, 0.1) is 29.4 Å². The number of nitrogens with zero attached hydrogens (tertiary/aromatic N) is 5. The minimum Gasteiger partial charge on any atom is -0.342 e. The highest BCUT2D eigenvalue weighted by Gasteiger charge is 2.32. The summed E-state index contributed by atoms with van der Waals surface area (Å²) in [5, 5.41) is 10.2. The van der Waals surface area contributed by atoms with Crippen LogP contribution < -0.4 is 10.6 Å². The van der Waals surface area contributed by atoms with Crippen LogP contribution in [0.5, 0.6) is 0 Å². The molecule has 0 radical (unpaired) electrons. The first kappa shape index (κ1) is 23.3. The van der Waals surface area contributed by atoms with Gasteiger partial charge < -0.3 is 10.6 Å². The molecule has 34 heavy (non-hydrogen) atoms. The van der Waals surface area contributed by atoms with E-state index in [1.165, 1.54) is 42.5 Å². The molecule has 9 nitrogen and oxygen atoms in total. The number of amides is 2. The van der Waals surface area contributed by atoms with E-state index in [2.05, 4.69) is 30.7 Å². The third-order valence-electron chi connectivity index (χ3n) is 5.01. The molecule has 1 atom stereocenters. The zero-order valence-corrected chi connectivity index (χ0v) is 19.0. The average molecular weight is 489 g/mol. The minimum absolute atomic E-state index is 0.0171. The summed E-state index contributed by atoms with van der Waals surface area (Å²) >= 11 is 1.02. The van der Waals surface area contributed by atoms with Gasteiger partial charge in [0.15, 0.2) is 5.65 Å². The SMILES string of the molecule is Cc1ccc(NC(=O)c2cnc(C(C)NC(=O)c3ncnc4c3cnn4C)s2)cc1C(F)(F)F. The third-order valence-corrected chi connectivity index (χ3v) is 6.19. The van der Waals surface area contributed by atoms with Gasteiger partial charge in [-0.05, 0) is 31.5 Å². The predicted molar refractivity (Wildman–Crippen MR) is 118 cm³/mol. The van der Waals surface area contributed by atoms with Gasteiger partial charge in [-0.2, -0.15) is 18.3 Å². The van der Waals surface area contributed by atoms with Gasteiger partial charge in [0.2, 0.25) is 0 Å². The van der Waals surface area contributed by atoms with Crippen LogP contribution in [0.1, 0.15) is 49.3 Å². The summed E-state index contributed by atoms with van der Waals surface area (Å²) in [5.74, 6) is -1.07. The fourth-order valence-corrected chi connectivity index (χ4v) is 4.08. The zero-order valence-electron chi connectivity index (χ0n) is 18.1. The van der Waals surface area contributed by atoms with E-state index in [0.717, 1.165) is 17.4 Å². The van der Waals surface area contributed by atoms with Crippen molar-refractivity contribution in [2.75, 3.05) is 5.32 Å². The van der Waals surface area contributed by atoms with Gasteiger partial charge in [-0.3, -0.25) is 14.3 Å². The topological polar surface area (TPSA) is 115 Å². The Balaban J connectivity index is 1.46. The van der Waals surface area contributed by atoms with Crippen molar-refractivity contribution in [3.05, 3.63) is 63.6 Å². The maximum absolute atomic E-state index is 13.1. The lowest BCUT2D eigenvalue weighted by atomic mass is 10.1. The van der Waals surface area contributed by atoms with Crippen molar-refractivity contribution in [2.45, 2.75) is 26.1 Å². The predicted octanol–water partition coefficient (Wildman–Crippen LogP) is 3.89. The van der Waals surface area contributed by atoms with E-state index in [-0.39, 0.29) is 21.8 Å². The summed E-state index contributed by atoms with van der Waals surface area (Å²) in [6.45, 7) is 3.04. The third kappa shape index (κ3) is 4.59. The molecule has 3 aromatic heterocycles. The molecular weight excluding hydrogens is 471 g/mol. The number of rotatable bonds is 5. The van der Waals surface area contributed by atoms with E-state index in [0.29, 0.717) is 16.0 Å². The molecule has 176 valence electrons. The van der Waals surface area contributed by atoms with E-state index >= 15 is 0 Å². The lowest BCUT2D eigenvalue weighted by Gasteiger charge is -2.12. The Hall–Kier alpha value is -3.87. The molecule has 13 heteroatoms. The molecule has 0 aliphatic carbocycles. The summed E-state index contributed by atoms with van der Waals surface area (Å²) in [6, 6.07) is 3.02. The molecule has 0 spiro atoms. The largest absolute Gasteiger partial charge is 0.416 e. The van der Waals surface area contributed by atoms with Crippen molar-refractivity contribution < 1.29 is 22.8 Å². The average Bonchev–Trinajstić information content (AvgIpc) is 3.42. The molecule has 0 saturated carbocycles. The molecule has 0 fully saturated rings. The molecule has 0 aliphatic heterocycles. The smallest absolute Gasteiger partial charge is 0.342 e. The number of carbonyl (C=O) groups excluding carboxylic acids is 2. The van der Waals surface area contributed by atoms with E-state index in [9.17, 15) is 22.8 Å². The van der Waals surface area contributed by atoms with Gasteiger partial charge in [-0.15, -0.1) is 11.3 Å². The van der Waals surface area contributed by atoms with Gasteiger partial charge in [-0.1, -0.05) is 6.07 Å². The number of hydrogen-bond donors (Lipinski definition) is 2. The molecule has 1 aromatic carbocycles. The van der Waals surface area contributed by atoms with Crippen LogP contribution in [0, 0.1) is 6.92 Å². The Kier molecular flexibility index (Phi) is 6.04. The number of anilines is 1. The van der Waals surface area contributed by atoms with Crippen molar-refractivity contribution in [3.8, 4) is 0 Å². The number of aromatic nitrogens is 5. The number of carbonyl (C=O) groups is 2. The quantitative estimate of drug-likeness (QED) is 0.440. The Morgan fingerprint density at radius 3 is 2.62 bits per heavy atom. The number of nitrogens with one attached hydrogen (secondary N) is 2. The van der Waals surface area contributed by atoms with Gasteiger partial charge in [-0.25, -0.2) is 15.0 Å². The van der Waals surface area contributed by atoms with Crippen LogP contribution in [-0.2, 0) is 13.2 Å². The van der Waals surface area contributed by atoms with Gasteiger partial charge >= 0.3 is 6.18 Å². The number of alkyl halides is 3. The molecule has 1 unspecified atom stereocenters. The number of benzene rings is 1. The first-order valence-corrected chi connectivity index (χ1v) is 10.7. The summed E-state index contributed by atoms with van der Waals surface area (Å²) in [6.07, 6.45) is -0.456. The second-order valence-electron chi connectivity index (χ2n) is 7.47. The van der Waals surface area contributed by atoms with E-state index < -0.39 is 29.6 Å². The highest BCUT2D eigenvalue weighted by molar-refractivity contribution is 7.13. The van der Waals surface area contributed by atoms with Crippen LogP contribution in [0.2, 0.25) is 0 Å². The molecule has 0 aliphatic rings. The number of hydrogen-bond acceptors (Lipinski definition) is 7. The molecule has 4 rings (SSSR count). The molecule has 4 aromatic rings. The molecular formula is C21H18F3N7O2S. The van der Waals surface area contributed by atoms with Crippen molar-refractivity contribution in [1.29, 1.82) is 0 Å². The lowest BCUT2D eigenvalue weighted by molar-refractivity contribution is -0.138. The maximum atomic E-state index is 13.1. The first-order valence-electron chi connectivity index (χ1n) is 9.93. The maximum Gasteiger partial charge on any atom is 0.416 e. The summed E-state index contributed by atoms with van der Waals surface area (Å²) in [7, 11) is 1.70. The van der Waals surface area contributed by atoms with Crippen molar-refractivity contribution in [1.82, 2.24) is 30.0 Å². The second-order valence-corrected chi connectivity index (χ2v) is 8.53. The number of thiazole rings is 1. The second kappa shape index (κ2) is 8.82. The van der Waals surface area contributed by atoms with Gasteiger partial charge in [0, 0.05) is 12.7 Å². The molecule has 0 bridgehead atoms. The Morgan fingerprint density at radius 1 is 1.12 bits per heavy atom. The van der Waals surface area contributed by atoms with Gasteiger partial charge in [0.25, 0.3) is 11.8 Å². The van der Waals surface area contributed by atoms with Crippen molar-refractivity contribution in [2.24, 2.45) is 7.05 Å². The molecule has 3 heterocycles. The van der Waals surface area contributed by atoms with Crippen LogP contribution >= 0.6 is 11.3 Å². The van der Waals surface area contributed by atoms with Crippen LogP contribution in [0.25, 0.3) is 11.0 Å². The zero-order chi connectivity index (χ0) is 24.6. The minimum atomic E-state index is -4.53. The van der Waals surface area contributed by atoms with E-state index in [4.69, 9.17) is 0 Å². The van der Waals surface area contributed by atoms with Crippen LogP contribution in [-0.4, -0.2) is 36.5 Å². The van der Waals surface area contributed by atoms with Crippen molar-refractivity contribution >= 4 is 39.9 Å². The van der Waals surface area contributed by atoms with E-state index in [1.807, 2.05) is 0 Å². The Bertz CT molecular complexity index is 1400. The standard InChI is InChI=1S/C21H18F3N7O2S/c1-10-4-5-12(6-14(10)21(22,23)24)30-18(32)15-8-25-20(34-15)11(2)29-19(33)16-13-7-28-31(3)17(13)27-9-26-16/h4-9,11H,1-3H3,(H,29,33)(H,30,32). The lowest BCUT2D eigenvalue weighted by Crippen LogP contribution is -2.27. The Labute approximate surface area is 195 Å². The molecule has 0 saturated heterocycles. The highest BCUT2D eigenvalue weighted by Crippen LogP contribution is 2.33. The molecule has 2 amide bonds. The highest BCUT2D eigenvalue weighted by atomic mass is 32.1. The summed E-state index contributed by atoms with van der Waals surface area (Å²) < 4.78 is 40.9. The van der Waals surface area contributed by atoms with Gasteiger partial charge in [0.1, 0.15) is 21.9 Å². The Morgan fingerprint density at radius 2 is 1.88 bits per heavy atom. The first-order chi connectivity index (χ1) is 16.0. The fourth-order valence-electron chi connectivity index (χ4n) is 3.26. The van der Waals surface area contributed by atoms with E-state index in [1.54, 1.807) is 14.0 Å². The normalized spacial score (nSPS) is 12.5. The fraction of sp³-hybridized carbons (Fsp3) is 0.238. The number of fused-ring (bicyclic) bond motifs is 1. The summed E-state index contributed by atoms with van der Waals surface area (Å²) in [5.41, 5.74) is -0.0879. The molecule has 2 N–H and O–H groups in total. The van der Waals surface area contributed by atoms with Crippen LogP contribution in [0.3, 0.4) is 0 Å².